The van der Waals surface area contributed by atoms with E-state index in [1.165, 1.54) is 0 Å². The number of hydrogen-bond donors (Lipinski definition) is 3. The van der Waals surface area contributed by atoms with Gasteiger partial charge in [0, 0.05) is 17.2 Å². The van der Waals surface area contributed by atoms with Crippen LogP contribution in [0, 0.1) is 11.8 Å². The Labute approximate surface area is 242 Å². The molecule has 0 aromatic heterocycles. The van der Waals surface area contributed by atoms with Gasteiger partial charge < -0.3 is 25.2 Å². The largest absolute Gasteiger partial charge is 0.489 e. The zero-order valence-electron chi connectivity index (χ0n) is 24.8. The summed E-state index contributed by atoms with van der Waals surface area (Å²) in [6.07, 6.45) is 0.806. The third-order valence-electron chi connectivity index (χ3n) is 6.95. The number of carboxylic acid groups (broad SMARTS) is 1. The fourth-order valence-corrected chi connectivity index (χ4v) is 4.85. The molecular weight excluding hydrogens is 524 g/mol. The lowest BCUT2D eigenvalue weighted by atomic mass is 9.78. The SMILES string of the molecule is CC(C)(C)OC(=O)[C@@H]1CC[C@H](NC(=O)CNC(=O)c2ccc(OCc3ccccc3)c(C(C)(C)C)c2)[C@H](C(=O)O)C1. The second-order valence-electron chi connectivity index (χ2n) is 12.6. The quantitative estimate of drug-likeness (QED) is 0.378. The Hall–Kier alpha value is -3.88. The first-order chi connectivity index (χ1) is 19.1. The predicted octanol–water partition coefficient (Wildman–Crippen LogP) is 4.62. The Kier molecular flexibility index (Phi) is 10.2. The minimum absolute atomic E-state index is 0.0792. The smallest absolute Gasteiger partial charge is 0.309 e. The van der Waals surface area contributed by atoms with Gasteiger partial charge in [-0.1, -0.05) is 51.1 Å². The number of carbonyl (C=O) groups is 4. The number of benzene rings is 2. The number of carbonyl (C=O) groups excluding carboxylic acids is 3. The first-order valence-electron chi connectivity index (χ1n) is 14.0. The Morgan fingerprint density at radius 2 is 1.63 bits per heavy atom. The maximum atomic E-state index is 12.9. The highest BCUT2D eigenvalue weighted by Gasteiger charge is 2.40. The zero-order valence-corrected chi connectivity index (χ0v) is 24.8. The topological polar surface area (TPSA) is 131 Å². The van der Waals surface area contributed by atoms with Crippen molar-refractivity contribution < 1.29 is 33.8 Å². The standard InChI is InChI=1S/C32H42N2O7/c1-31(2,3)24-17-21(13-15-26(24)40-19-20-10-8-7-9-11-20)28(36)33-18-27(35)34-25-14-12-22(16-23(25)29(37)38)30(39)41-32(4,5)6/h7-11,13,15,17,22-23,25H,12,14,16,18-19H2,1-6H3,(H,33,36)(H,34,35)(H,37,38)/t22-,23-,25+/m1/s1. The van der Waals surface area contributed by atoms with Gasteiger partial charge in [0.2, 0.25) is 5.91 Å². The van der Waals surface area contributed by atoms with Gasteiger partial charge in [-0.15, -0.1) is 0 Å². The lowest BCUT2D eigenvalue weighted by Gasteiger charge is -2.34. The molecule has 1 aliphatic carbocycles. The summed E-state index contributed by atoms with van der Waals surface area (Å²) in [6.45, 7) is 11.5. The van der Waals surface area contributed by atoms with Crippen molar-refractivity contribution in [1.29, 1.82) is 0 Å². The molecular formula is C32H42N2O7. The van der Waals surface area contributed by atoms with Gasteiger partial charge in [0.15, 0.2) is 0 Å². The number of ether oxygens (including phenoxy) is 2. The summed E-state index contributed by atoms with van der Waals surface area (Å²) in [5, 5.41) is 15.1. The number of aliphatic carboxylic acids is 1. The van der Waals surface area contributed by atoms with Crippen LogP contribution in [0.1, 0.15) is 82.3 Å². The van der Waals surface area contributed by atoms with Crippen LogP contribution in [0.4, 0.5) is 0 Å². The molecule has 2 aromatic carbocycles. The summed E-state index contributed by atoms with van der Waals surface area (Å²) in [4.78, 5) is 50.0. The second kappa shape index (κ2) is 13.2. The van der Waals surface area contributed by atoms with Crippen molar-refractivity contribution in [3.63, 3.8) is 0 Å². The minimum Gasteiger partial charge on any atom is -0.489 e. The van der Waals surface area contributed by atoms with E-state index in [2.05, 4.69) is 10.6 Å². The van der Waals surface area contributed by atoms with Crippen molar-refractivity contribution in [1.82, 2.24) is 10.6 Å². The van der Waals surface area contributed by atoms with E-state index in [4.69, 9.17) is 9.47 Å². The van der Waals surface area contributed by atoms with Crippen LogP contribution in [0.25, 0.3) is 0 Å². The number of esters is 1. The molecule has 0 saturated heterocycles. The zero-order chi connectivity index (χ0) is 30.4. The molecule has 1 saturated carbocycles. The molecule has 0 spiro atoms. The fraction of sp³-hybridized carbons (Fsp3) is 0.500. The van der Waals surface area contributed by atoms with E-state index in [-0.39, 0.29) is 18.4 Å². The lowest BCUT2D eigenvalue weighted by molar-refractivity contribution is -0.163. The van der Waals surface area contributed by atoms with Crippen molar-refractivity contribution >= 4 is 23.8 Å². The first-order valence-corrected chi connectivity index (χ1v) is 14.0. The first kappa shape index (κ1) is 31.6. The summed E-state index contributed by atoms with van der Waals surface area (Å²) < 4.78 is 11.5. The molecule has 0 aliphatic heterocycles. The van der Waals surface area contributed by atoms with Gasteiger partial charge in [0.05, 0.1) is 18.4 Å². The van der Waals surface area contributed by atoms with Crippen LogP contribution >= 0.6 is 0 Å². The second-order valence-corrected chi connectivity index (χ2v) is 12.6. The Morgan fingerprint density at radius 3 is 2.24 bits per heavy atom. The summed E-state index contributed by atoms with van der Waals surface area (Å²) in [7, 11) is 0. The van der Waals surface area contributed by atoms with E-state index < -0.39 is 47.2 Å². The number of amides is 2. The molecule has 0 bridgehead atoms. The normalized spacial score (nSPS) is 19.1. The highest BCUT2D eigenvalue weighted by molar-refractivity contribution is 5.97. The molecule has 3 atom stereocenters. The summed E-state index contributed by atoms with van der Waals surface area (Å²) >= 11 is 0. The highest BCUT2D eigenvalue weighted by atomic mass is 16.6. The van der Waals surface area contributed by atoms with Crippen LogP contribution in [0.2, 0.25) is 0 Å². The van der Waals surface area contributed by atoms with Gasteiger partial charge in [-0.05, 0) is 69.2 Å². The lowest BCUT2D eigenvalue weighted by Crippen LogP contribution is -2.50. The van der Waals surface area contributed by atoms with Crippen LogP contribution in [-0.4, -0.2) is 47.0 Å². The molecule has 0 unspecified atom stereocenters. The van der Waals surface area contributed by atoms with E-state index in [0.717, 1.165) is 11.1 Å². The molecule has 0 radical (unpaired) electrons. The maximum absolute atomic E-state index is 12.9. The third-order valence-corrected chi connectivity index (χ3v) is 6.95. The van der Waals surface area contributed by atoms with E-state index >= 15 is 0 Å². The van der Waals surface area contributed by atoms with Crippen molar-refractivity contribution in [2.24, 2.45) is 11.8 Å². The van der Waals surface area contributed by atoms with Crippen LogP contribution < -0.4 is 15.4 Å². The van der Waals surface area contributed by atoms with E-state index in [1.54, 1.807) is 39.0 Å². The van der Waals surface area contributed by atoms with Crippen molar-refractivity contribution in [3.05, 3.63) is 65.2 Å². The molecule has 3 rings (SSSR count). The molecule has 222 valence electrons. The maximum Gasteiger partial charge on any atom is 0.309 e. The Morgan fingerprint density at radius 1 is 0.951 bits per heavy atom. The predicted molar refractivity (Wildman–Crippen MR) is 154 cm³/mol. The molecule has 1 fully saturated rings. The number of hydrogen-bond acceptors (Lipinski definition) is 6. The van der Waals surface area contributed by atoms with Gasteiger partial charge >= 0.3 is 11.9 Å². The molecule has 2 aromatic rings. The van der Waals surface area contributed by atoms with E-state index in [1.807, 2.05) is 51.1 Å². The minimum atomic E-state index is -1.09. The average molecular weight is 567 g/mol. The van der Waals surface area contributed by atoms with Crippen LogP contribution in [0.15, 0.2) is 48.5 Å². The van der Waals surface area contributed by atoms with Gasteiger partial charge in [-0.25, -0.2) is 0 Å². The summed E-state index contributed by atoms with van der Waals surface area (Å²) in [5.41, 5.74) is 1.31. The molecule has 9 nitrogen and oxygen atoms in total. The van der Waals surface area contributed by atoms with Gasteiger partial charge in [-0.3, -0.25) is 19.2 Å². The van der Waals surface area contributed by atoms with Crippen molar-refractivity contribution in [3.8, 4) is 5.75 Å². The Balaban J connectivity index is 1.59. The summed E-state index contributed by atoms with van der Waals surface area (Å²) in [5.74, 6) is -3.23. The number of rotatable bonds is 9. The number of nitrogens with one attached hydrogen (secondary N) is 2. The molecule has 9 heteroatoms. The fourth-order valence-electron chi connectivity index (χ4n) is 4.85. The Bertz CT molecular complexity index is 1240. The van der Waals surface area contributed by atoms with Gasteiger partial charge in [-0.2, -0.15) is 0 Å². The third kappa shape index (κ3) is 9.33. The van der Waals surface area contributed by atoms with Crippen LogP contribution in [-0.2, 0) is 31.1 Å². The molecule has 2 amide bonds. The van der Waals surface area contributed by atoms with Crippen LogP contribution in [0.5, 0.6) is 5.75 Å². The van der Waals surface area contributed by atoms with Crippen LogP contribution in [0.3, 0.4) is 0 Å². The highest BCUT2D eigenvalue weighted by Crippen LogP contribution is 2.33. The van der Waals surface area contributed by atoms with Gasteiger partial charge in [0.25, 0.3) is 5.91 Å². The molecule has 1 aliphatic rings. The average Bonchev–Trinajstić information content (AvgIpc) is 2.89. The van der Waals surface area contributed by atoms with Gasteiger partial charge in [0.1, 0.15) is 18.0 Å². The number of carboxylic acids is 1. The summed E-state index contributed by atoms with van der Waals surface area (Å²) in [6, 6.07) is 14.3. The van der Waals surface area contributed by atoms with E-state index in [0.29, 0.717) is 30.8 Å². The van der Waals surface area contributed by atoms with Crippen molar-refractivity contribution in [2.75, 3.05) is 6.54 Å². The molecule has 41 heavy (non-hydrogen) atoms. The molecule has 3 N–H and O–H groups in total. The van der Waals surface area contributed by atoms with E-state index in [9.17, 15) is 24.3 Å². The molecule has 0 heterocycles. The monoisotopic (exact) mass is 566 g/mol. The van der Waals surface area contributed by atoms with Crippen molar-refractivity contribution in [2.45, 2.75) is 84.5 Å².